The molecule has 0 spiro atoms. The number of nitrogens with two attached hydrogens (primary N) is 2. The first-order chi connectivity index (χ1) is 12.3. The van der Waals surface area contributed by atoms with Crippen LogP contribution in [0.5, 0.6) is 0 Å². The van der Waals surface area contributed by atoms with Gasteiger partial charge in [-0.1, -0.05) is 84.5 Å². The molecule has 0 rings (SSSR count). The van der Waals surface area contributed by atoms with Crippen LogP contribution >= 0.6 is 0 Å². The lowest BCUT2D eigenvalue weighted by Gasteiger charge is -2.22. The zero-order chi connectivity index (χ0) is 18.6. The van der Waals surface area contributed by atoms with E-state index < -0.39 is 0 Å². The minimum absolute atomic E-state index is 0.248. The molecule has 2 unspecified atom stereocenters. The lowest BCUT2D eigenvalue weighted by molar-refractivity contribution is 0.123. The highest BCUT2D eigenvalue weighted by Crippen LogP contribution is 2.16. The van der Waals surface area contributed by atoms with Crippen molar-refractivity contribution >= 4 is 0 Å². The van der Waals surface area contributed by atoms with E-state index in [0.29, 0.717) is 5.92 Å². The van der Waals surface area contributed by atoms with Crippen molar-refractivity contribution in [3.8, 4) is 0 Å². The monoisotopic (exact) mass is 356 g/mol. The molecule has 3 heteroatoms. The van der Waals surface area contributed by atoms with Crippen LogP contribution in [-0.4, -0.2) is 25.8 Å². The van der Waals surface area contributed by atoms with Crippen molar-refractivity contribution in [2.75, 3.05) is 19.8 Å². The van der Waals surface area contributed by atoms with E-state index in [1.54, 1.807) is 0 Å². The highest BCUT2D eigenvalue weighted by atomic mass is 16.5. The van der Waals surface area contributed by atoms with Gasteiger partial charge in [0, 0.05) is 19.3 Å². The van der Waals surface area contributed by atoms with Crippen LogP contribution in [0.15, 0.2) is 0 Å². The molecule has 3 nitrogen and oxygen atoms in total. The Morgan fingerprint density at radius 2 is 1.16 bits per heavy atom. The van der Waals surface area contributed by atoms with Crippen molar-refractivity contribution in [1.82, 2.24) is 0 Å². The molecule has 0 aliphatic heterocycles. The molecule has 2 atom stereocenters. The van der Waals surface area contributed by atoms with Gasteiger partial charge in [-0.25, -0.2) is 0 Å². The first kappa shape index (κ1) is 24.9. The summed E-state index contributed by atoms with van der Waals surface area (Å²) in [5, 5.41) is 0. The topological polar surface area (TPSA) is 61.3 Å². The Hall–Kier alpha value is -0.120. The average molecular weight is 357 g/mol. The third-order valence-corrected chi connectivity index (χ3v) is 5.31. The van der Waals surface area contributed by atoms with Gasteiger partial charge in [-0.15, -0.1) is 0 Å². The third kappa shape index (κ3) is 17.1. The molecule has 0 aliphatic rings. The molecule has 0 aliphatic carbocycles. The maximum Gasteiger partial charge on any atom is 0.0466 e. The smallest absolute Gasteiger partial charge is 0.0466 e. The van der Waals surface area contributed by atoms with Gasteiger partial charge in [-0.2, -0.15) is 0 Å². The van der Waals surface area contributed by atoms with E-state index in [9.17, 15) is 0 Å². The summed E-state index contributed by atoms with van der Waals surface area (Å²) in [6.45, 7) is 7.03. The predicted octanol–water partition coefficient (Wildman–Crippen LogP) is 5.80. The predicted molar refractivity (Wildman–Crippen MR) is 112 cm³/mol. The fourth-order valence-electron chi connectivity index (χ4n) is 3.44. The van der Waals surface area contributed by atoms with Crippen LogP contribution in [0.1, 0.15) is 110 Å². The summed E-state index contributed by atoms with van der Waals surface area (Å²) < 4.78 is 5.77. The van der Waals surface area contributed by atoms with Crippen molar-refractivity contribution in [3.63, 3.8) is 0 Å². The molecule has 0 heterocycles. The highest BCUT2D eigenvalue weighted by molar-refractivity contribution is 4.74. The van der Waals surface area contributed by atoms with E-state index in [0.717, 1.165) is 32.6 Å². The van der Waals surface area contributed by atoms with Gasteiger partial charge in [0.15, 0.2) is 0 Å². The molecule has 0 aromatic rings. The quantitative estimate of drug-likeness (QED) is 0.271. The molecule has 152 valence electrons. The first-order valence-corrected chi connectivity index (χ1v) is 11.3. The highest BCUT2D eigenvalue weighted by Gasteiger charge is 2.15. The summed E-state index contributed by atoms with van der Waals surface area (Å²) in [6, 6.07) is 0.248. The summed E-state index contributed by atoms with van der Waals surface area (Å²) in [7, 11) is 0. The largest absolute Gasteiger partial charge is 0.381 e. The second-order valence-corrected chi connectivity index (χ2v) is 7.74. The molecule has 0 amide bonds. The van der Waals surface area contributed by atoms with Gasteiger partial charge < -0.3 is 16.2 Å². The molecule has 0 bridgehead atoms. The van der Waals surface area contributed by atoms with E-state index in [4.69, 9.17) is 16.2 Å². The van der Waals surface area contributed by atoms with Crippen molar-refractivity contribution in [2.45, 2.75) is 116 Å². The van der Waals surface area contributed by atoms with E-state index in [2.05, 4.69) is 13.8 Å². The summed E-state index contributed by atoms with van der Waals surface area (Å²) >= 11 is 0. The normalized spacial score (nSPS) is 13.9. The van der Waals surface area contributed by atoms with Crippen molar-refractivity contribution in [1.29, 1.82) is 0 Å². The number of hydrogen-bond donors (Lipinski definition) is 2. The molecule has 0 aromatic carbocycles. The first-order valence-electron chi connectivity index (χ1n) is 11.3. The molecular formula is C22H48N2O. The van der Waals surface area contributed by atoms with Gasteiger partial charge in [0.2, 0.25) is 0 Å². The Morgan fingerprint density at radius 1 is 0.640 bits per heavy atom. The third-order valence-electron chi connectivity index (χ3n) is 5.31. The van der Waals surface area contributed by atoms with Gasteiger partial charge in [0.1, 0.15) is 0 Å². The van der Waals surface area contributed by atoms with Crippen LogP contribution in [-0.2, 0) is 4.74 Å². The molecule has 0 saturated carbocycles. The van der Waals surface area contributed by atoms with Gasteiger partial charge in [-0.3, -0.25) is 0 Å². The van der Waals surface area contributed by atoms with Crippen molar-refractivity contribution < 1.29 is 4.74 Å². The summed E-state index contributed by atoms with van der Waals surface area (Å²) in [6.07, 6.45) is 19.4. The zero-order valence-electron chi connectivity index (χ0n) is 17.4. The van der Waals surface area contributed by atoms with Crippen molar-refractivity contribution in [2.24, 2.45) is 17.4 Å². The summed E-state index contributed by atoms with van der Waals surface area (Å²) in [5.74, 6) is 0.490. The van der Waals surface area contributed by atoms with Crippen LogP contribution in [0.4, 0.5) is 0 Å². The second-order valence-electron chi connectivity index (χ2n) is 7.74. The summed E-state index contributed by atoms with van der Waals surface area (Å²) in [5.41, 5.74) is 12.3. The Morgan fingerprint density at radius 3 is 1.76 bits per heavy atom. The Balaban J connectivity index is 3.38. The van der Waals surface area contributed by atoms with Gasteiger partial charge >= 0.3 is 0 Å². The number of rotatable bonds is 20. The van der Waals surface area contributed by atoms with Gasteiger partial charge in [-0.05, 0) is 38.1 Å². The molecule has 25 heavy (non-hydrogen) atoms. The lowest BCUT2D eigenvalue weighted by atomic mass is 9.91. The maximum absolute atomic E-state index is 6.34. The Bertz CT molecular complexity index is 248. The van der Waals surface area contributed by atoms with Crippen molar-refractivity contribution in [3.05, 3.63) is 0 Å². The Kier molecular flexibility index (Phi) is 20.1. The van der Waals surface area contributed by atoms with E-state index in [1.807, 2.05) is 0 Å². The fourth-order valence-corrected chi connectivity index (χ4v) is 3.44. The SMILES string of the molecule is CCCCCCCCCCOCCCC(N)C(CN)CCCCCC. The fraction of sp³-hybridized carbons (Fsp3) is 1.00. The minimum Gasteiger partial charge on any atom is -0.381 e. The molecule has 0 radical (unpaired) electrons. The average Bonchev–Trinajstić information content (AvgIpc) is 2.62. The second kappa shape index (κ2) is 20.2. The molecule has 0 saturated heterocycles. The van der Waals surface area contributed by atoms with E-state index in [1.165, 1.54) is 83.5 Å². The van der Waals surface area contributed by atoms with E-state index >= 15 is 0 Å². The van der Waals surface area contributed by atoms with Crippen LogP contribution in [0.3, 0.4) is 0 Å². The standard InChI is InChI=1S/C22H48N2O/c1-3-5-7-9-10-11-12-14-18-25-19-15-17-22(24)21(20-23)16-13-8-6-4-2/h21-22H,3-20,23-24H2,1-2H3. The van der Waals surface area contributed by atoms with Crippen LogP contribution in [0, 0.1) is 5.92 Å². The molecular weight excluding hydrogens is 308 g/mol. The zero-order valence-corrected chi connectivity index (χ0v) is 17.4. The molecule has 0 aromatic heterocycles. The number of unbranched alkanes of at least 4 members (excludes halogenated alkanes) is 10. The van der Waals surface area contributed by atoms with Gasteiger partial charge in [0.25, 0.3) is 0 Å². The maximum atomic E-state index is 6.34. The van der Waals surface area contributed by atoms with E-state index in [-0.39, 0.29) is 6.04 Å². The minimum atomic E-state index is 0.248. The van der Waals surface area contributed by atoms with Crippen LogP contribution in [0.2, 0.25) is 0 Å². The summed E-state index contributed by atoms with van der Waals surface area (Å²) in [4.78, 5) is 0. The lowest BCUT2D eigenvalue weighted by Crippen LogP contribution is -2.35. The van der Waals surface area contributed by atoms with Crippen LogP contribution in [0.25, 0.3) is 0 Å². The van der Waals surface area contributed by atoms with Crippen LogP contribution < -0.4 is 11.5 Å². The number of ether oxygens (including phenoxy) is 1. The molecule has 0 fully saturated rings. The van der Waals surface area contributed by atoms with Gasteiger partial charge in [0.05, 0.1) is 0 Å². The molecule has 4 N–H and O–H groups in total. The number of hydrogen-bond acceptors (Lipinski definition) is 3. The Labute approximate surface area is 158 Å².